The molecule has 2 N–H and O–H groups in total. The predicted octanol–water partition coefficient (Wildman–Crippen LogP) is 1.12. The lowest BCUT2D eigenvalue weighted by molar-refractivity contribution is 0.0800. The van der Waals surface area contributed by atoms with Crippen molar-refractivity contribution in [3.8, 4) is 0 Å². The van der Waals surface area contributed by atoms with Gasteiger partial charge in [0, 0.05) is 19.0 Å². The molecule has 0 saturated heterocycles. The van der Waals surface area contributed by atoms with Crippen molar-refractivity contribution in [2.45, 2.75) is 25.7 Å². The fourth-order valence-corrected chi connectivity index (χ4v) is 2.42. The van der Waals surface area contributed by atoms with E-state index in [1.165, 1.54) is 0 Å². The van der Waals surface area contributed by atoms with Crippen LogP contribution in [0.2, 0.25) is 0 Å². The number of aryl methyl sites for hydroxylation is 1. The molecule has 1 aliphatic rings. The molecule has 4 heteroatoms. The Labute approximate surface area is 89.5 Å². The quantitative estimate of drug-likeness (QED) is 0.755. The van der Waals surface area contributed by atoms with Crippen LogP contribution in [0.15, 0.2) is 12.5 Å². The van der Waals surface area contributed by atoms with Crippen molar-refractivity contribution in [1.82, 2.24) is 9.55 Å². The third-order valence-corrected chi connectivity index (χ3v) is 3.48. The molecule has 1 aromatic heterocycles. The van der Waals surface area contributed by atoms with Crippen molar-refractivity contribution in [3.05, 3.63) is 18.2 Å². The van der Waals surface area contributed by atoms with Crippen molar-refractivity contribution in [3.63, 3.8) is 0 Å². The van der Waals surface area contributed by atoms with Crippen LogP contribution in [-0.4, -0.2) is 21.9 Å². The second-order valence-electron chi connectivity index (χ2n) is 4.41. The van der Waals surface area contributed by atoms with E-state index in [2.05, 4.69) is 4.98 Å². The van der Waals surface area contributed by atoms with Crippen LogP contribution in [0.3, 0.4) is 0 Å². The Morgan fingerprint density at radius 3 is 2.73 bits per heavy atom. The maximum absolute atomic E-state index is 12.3. The summed E-state index contributed by atoms with van der Waals surface area (Å²) in [5.41, 5.74) is 6.15. The predicted molar refractivity (Wildman–Crippen MR) is 57.5 cm³/mol. The second kappa shape index (κ2) is 3.77. The fourth-order valence-electron chi connectivity index (χ4n) is 2.42. The monoisotopic (exact) mass is 207 g/mol. The van der Waals surface area contributed by atoms with Gasteiger partial charge < -0.3 is 10.3 Å². The number of carbonyl (C=O) groups excluding carboxylic acids is 1. The number of hydrogen-bond donors (Lipinski definition) is 1. The Morgan fingerprint density at radius 1 is 1.60 bits per heavy atom. The largest absolute Gasteiger partial charge is 0.331 e. The minimum Gasteiger partial charge on any atom is -0.331 e. The molecule has 0 bridgehead atoms. The van der Waals surface area contributed by atoms with Gasteiger partial charge in [0.25, 0.3) is 0 Å². The maximum atomic E-state index is 12.3. The summed E-state index contributed by atoms with van der Waals surface area (Å²) in [5.74, 6) is 0.169. The number of hydrogen-bond acceptors (Lipinski definition) is 3. The molecule has 1 fully saturated rings. The molecule has 0 aromatic carbocycles. The molecule has 0 unspecified atom stereocenters. The first-order valence-corrected chi connectivity index (χ1v) is 5.41. The highest BCUT2D eigenvalue weighted by molar-refractivity contribution is 5.99. The van der Waals surface area contributed by atoms with Gasteiger partial charge in [0.2, 0.25) is 0 Å². The number of carbonyl (C=O) groups is 1. The molecular formula is C11H17N3O. The molecule has 82 valence electrons. The number of nitrogens with two attached hydrogens (primary N) is 1. The Balaban J connectivity index is 2.30. The highest BCUT2D eigenvalue weighted by Crippen LogP contribution is 2.39. The first-order chi connectivity index (χ1) is 7.19. The van der Waals surface area contributed by atoms with E-state index in [-0.39, 0.29) is 11.2 Å². The maximum Gasteiger partial charge on any atom is 0.188 e. The zero-order valence-corrected chi connectivity index (χ0v) is 9.07. The van der Waals surface area contributed by atoms with E-state index >= 15 is 0 Å². The topological polar surface area (TPSA) is 60.9 Å². The second-order valence-corrected chi connectivity index (χ2v) is 4.41. The summed E-state index contributed by atoms with van der Waals surface area (Å²) in [5, 5.41) is 0. The van der Waals surface area contributed by atoms with Gasteiger partial charge in [0.1, 0.15) is 5.69 Å². The SMILES string of the molecule is Cn1cncc1C(=O)C1(CN)CCCC1. The van der Waals surface area contributed by atoms with Gasteiger partial charge in [0.05, 0.1) is 12.5 Å². The molecular weight excluding hydrogens is 190 g/mol. The summed E-state index contributed by atoms with van der Waals surface area (Å²) >= 11 is 0. The summed E-state index contributed by atoms with van der Waals surface area (Å²) in [7, 11) is 1.85. The van der Waals surface area contributed by atoms with Crippen molar-refractivity contribution < 1.29 is 4.79 Å². The summed E-state index contributed by atoms with van der Waals surface area (Å²) < 4.78 is 1.78. The average Bonchev–Trinajstić information content (AvgIpc) is 2.86. The van der Waals surface area contributed by atoms with Crippen LogP contribution in [0.1, 0.15) is 36.2 Å². The number of rotatable bonds is 3. The van der Waals surface area contributed by atoms with Crippen LogP contribution >= 0.6 is 0 Å². The molecule has 0 atom stereocenters. The lowest BCUT2D eigenvalue weighted by Crippen LogP contribution is -2.37. The van der Waals surface area contributed by atoms with E-state index in [4.69, 9.17) is 5.73 Å². The summed E-state index contributed by atoms with van der Waals surface area (Å²) in [6, 6.07) is 0. The third kappa shape index (κ3) is 1.59. The molecule has 1 aliphatic carbocycles. The lowest BCUT2D eigenvalue weighted by Gasteiger charge is -2.25. The molecule has 2 rings (SSSR count). The highest BCUT2D eigenvalue weighted by Gasteiger charge is 2.41. The van der Waals surface area contributed by atoms with Gasteiger partial charge in [-0.25, -0.2) is 4.98 Å². The molecule has 1 saturated carbocycles. The molecule has 1 aromatic rings. The number of Topliss-reactive ketones (excluding diaryl/α,β-unsaturated/α-hetero) is 1. The van der Waals surface area contributed by atoms with Gasteiger partial charge in [-0.3, -0.25) is 4.79 Å². The molecule has 4 nitrogen and oxygen atoms in total. The molecule has 15 heavy (non-hydrogen) atoms. The van der Waals surface area contributed by atoms with Crippen LogP contribution in [0.25, 0.3) is 0 Å². The van der Waals surface area contributed by atoms with E-state index in [1.54, 1.807) is 17.1 Å². The van der Waals surface area contributed by atoms with Gasteiger partial charge in [-0.05, 0) is 12.8 Å². The Kier molecular flexibility index (Phi) is 2.61. The first kappa shape index (κ1) is 10.4. The van der Waals surface area contributed by atoms with E-state index in [9.17, 15) is 4.79 Å². The standard InChI is InChI=1S/C11H17N3O/c1-14-8-13-6-9(14)10(15)11(7-12)4-2-3-5-11/h6,8H,2-5,7,12H2,1H3. The molecule has 0 radical (unpaired) electrons. The Hall–Kier alpha value is -1.16. The lowest BCUT2D eigenvalue weighted by atomic mass is 9.80. The van der Waals surface area contributed by atoms with E-state index < -0.39 is 0 Å². The zero-order chi connectivity index (χ0) is 10.9. The zero-order valence-electron chi connectivity index (χ0n) is 9.07. The minimum atomic E-state index is -0.312. The van der Waals surface area contributed by atoms with Crippen LogP contribution in [0, 0.1) is 5.41 Å². The van der Waals surface area contributed by atoms with Gasteiger partial charge in [-0.1, -0.05) is 12.8 Å². The molecule has 1 heterocycles. The summed E-state index contributed by atoms with van der Waals surface area (Å²) in [6.45, 7) is 0.455. The Bertz CT molecular complexity index is 364. The van der Waals surface area contributed by atoms with Crippen LogP contribution in [0.4, 0.5) is 0 Å². The van der Waals surface area contributed by atoms with Crippen molar-refractivity contribution >= 4 is 5.78 Å². The van der Waals surface area contributed by atoms with Crippen molar-refractivity contribution in [2.24, 2.45) is 18.2 Å². The smallest absolute Gasteiger partial charge is 0.188 e. The molecule has 0 aliphatic heterocycles. The van der Waals surface area contributed by atoms with Crippen molar-refractivity contribution in [2.75, 3.05) is 6.54 Å². The Morgan fingerprint density at radius 2 is 2.27 bits per heavy atom. The van der Waals surface area contributed by atoms with Crippen LogP contribution in [-0.2, 0) is 7.05 Å². The van der Waals surface area contributed by atoms with E-state index in [0.717, 1.165) is 25.7 Å². The normalized spacial score (nSPS) is 19.3. The van der Waals surface area contributed by atoms with Crippen LogP contribution < -0.4 is 5.73 Å². The average molecular weight is 207 g/mol. The van der Waals surface area contributed by atoms with Crippen molar-refractivity contribution in [1.29, 1.82) is 0 Å². The number of ketones is 1. The van der Waals surface area contributed by atoms with Gasteiger partial charge in [-0.15, -0.1) is 0 Å². The molecule has 0 amide bonds. The number of aromatic nitrogens is 2. The summed E-state index contributed by atoms with van der Waals surface area (Å²) in [6.07, 6.45) is 7.37. The third-order valence-electron chi connectivity index (χ3n) is 3.48. The van der Waals surface area contributed by atoms with E-state index in [0.29, 0.717) is 12.2 Å². The van der Waals surface area contributed by atoms with Crippen LogP contribution in [0.5, 0.6) is 0 Å². The first-order valence-electron chi connectivity index (χ1n) is 5.41. The number of nitrogens with zero attached hydrogens (tertiary/aromatic N) is 2. The summed E-state index contributed by atoms with van der Waals surface area (Å²) in [4.78, 5) is 16.3. The van der Waals surface area contributed by atoms with Gasteiger partial charge in [0.15, 0.2) is 5.78 Å². The minimum absolute atomic E-state index is 0.169. The number of imidazole rings is 1. The van der Waals surface area contributed by atoms with Gasteiger partial charge >= 0.3 is 0 Å². The van der Waals surface area contributed by atoms with E-state index in [1.807, 2.05) is 7.05 Å². The highest BCUT2D eigenvalue weighted by atomic mass is 16.1. The van der Waals surface area contributed by atoms with Gasteiger partial charge in [-0.2, -0.15) is 0 Å². The fraction of sp³-hybridized carbons (Fsp3) is 0.636. The molecule has 0 spiro atoms.